The van der Waals surface area contributed by atoms with Crippen LogP contribution in [0.1, 0.15) is 105 Å². The van der Waals surface area contributed by atoms with Gasteiger partial charge in [0.15, 0.2) is 0 Å². The molecule has 0 spiro atoms. The van der Waals surface area contributed by atoms with Crippen molar-refractivity contribution in [3.8, 4) is 0 Å². The number of anilines is 6. The highest BCUT2D eigenvalue weighted by Crippen LogP contribution is 2.32. The predicted molar refractivity (Wildman–Crippen MR) is 255 cm³/mol. The van der Waals surface area contributed by atoms with Crippen LogP contribution in [0.3, 0.4) is 0 Å². The second kappa shape index (κ2) is 21.6. The number of amides is 2. The first-order chi connectivity index (χ1) is 29.8. The molecule has 2 aliphatic heterocycles. The van der Waals surface area contributed by atoms with Crippen LogP contribution in [0.25, 0.3) is 0 Å². The molecule has 61 heavy (non-hydrogen) atoms. The molecular weight excluding hydrogens is 757 g/mol. The van der Waals surface area contributed by atoms with Gasteiger partial charge in [-0.25, -0.2) is 0 Å². The highest BCUT2D eigenvalue weighted by Gasteiger charge is 2.29. The highest BCUT2D eigenvalue weighted by molar-refractivity contribution is 6.06. The van der Waals surface area contributed by atoms with Crippen LogP contribution in [0.4, 0.5) is 34.1 Å². The zero-order valence-corrected chi connectivity index (χ0v) is 36.7. The fourth-order valence-electron chi connectivity index (χ4n) is 9.75. The van der Waals surface area contributed by atoms with E-state index >= 15 is 0 Å². The summed E-state index contributed by atoms with van der Waals surface area (Å²) in [7, 11) is 0. The van der Waals surface area contributed by atoms with Crippen molar-refractivity contribution in [3.63, 3.8) is 0 Å². The van der Waals surface area contributed by atoms with Gasteiger partial charge in [-0.15, -0.1) is 0 Å². The van der Waals surface area contributed by atoms with Gasteiger partial charge in [0.05, 0.1) is 22.7 Å². The molecule has 10 nitrogen and oxygen atoms in total. The second-order valence-electron chi connectivity index (χ2n) is 17.8. The van der Waals surface area contributed by atoms with Crippen molar-refractivity contribution in [2.75, 3.05) is 84.3 Å². The molecule has 326 valence electrons. The van der Waals surface area contributed by atoms with E-state index in [1.807, 2.05) is 60.7 Å². The maximum atomic E-state index is 12.6. The van der Waals surface area contributed by atoms with Gasteiger partial charge in [-0.3, -0.25) is 9.59 Å². The Hall–Kier alpha value is -5.06. The summed E-state index contributed by atoms with van der Waals surface area (Å²) in [5.74, 6) is 1.63. The molecule has 2 aliphatic carbocycles. The fraction of sp³-hybridized carbons (Fsp3) is 0.490. The Bertz CT molecular complexity index is 1980. The lowest BCUT2D eigenvalue weighted by molar-refractivity contribution is 0.101. The lowest BCUT2D eigenvalue weighted by Gasteiger charge is -2.40. The molecule has 2 saturated heterocycles. The minimum Gasteiger partial charge on any atom is -0.397 e. The van der Waals surface area contributed by atoms with E-state index in [1.54, 1.807) is 12.1 Å². The van der Waals surface area contributed by atoms with Gasteiger partial charge in [0.2, 0.25) is 0 Å². The molecule has 0 radical (unpaired) electrons. The van der Waals surface area contributed by atoms with E-state index in [-0.39, 0.29) is 11.8 Å². The van der Waals surface area contributed by atoms with Gasteiger partial charge in [0.25, 0.3) is 11.8 Å². The molecule has 0 bridgehead atoms. The number of piperidine rings is 2. The number of benzene rings is 4. The normalized spacial score (nSPS) is 18.1. The Labute approximate surface area is 365 Å². The number of carbonyl (C=O) groups excluding carboxylic acids is 2. The van der Waals surface area contributed by atoms with E-state index in [1.165, 1.54) is 121 Å². The number of nitrogens with one attached hydrogen (secondary N) is 2. The van der Waals surface area contributed by atoms with Crippen LogP contribution in [0.2, 0.25) is 0 Å². The molecule has 4 fully saturated rings. The average Bonchev–Trinajstić information content (AvgIpc) is 4.12. The van der Waals surface area contributed by atoms with Crippen molar-refractivity contribution in [2.24, 2.45) is 11.8 Å². The number of rotatable bonds is 14. The van der Waals surface area contributed by atoms with Crippen LogP contribution in [0, 0.1) is 11.8 Å². The van der Waals surface area contributed by atoms with Crippen LogP contribution in [-0.2, 0) is 0 Å². The quantitative estimate of drug-likeness (QED) is 0.0928. The van der Waals surface area contributed by atoms with Crippen LogP contribution >= 0.6 is 0 Å². The highest BCUT2D eigenvalue weighted by atomic mass is 16.2. The van der Waals surface area contributed by atoms with Crippen molar-refractivity contribution in [1.82, 2.24) is 9.80 Å². The van der Waals surface area contributed by atoms with Crippen LogP contribution in [0.5, 0.6) is 0 Å². The lowest BCUT2D eigenvalue weighted by Crippen LogP contribution is -2.46. The molecular formula is C51H70N8O2. The van der Waals surface area contributed by atoms with E-state index in [9.17, 15) is 9.59 Å². The number of nitrogens with two attached hydrogens (primary N) is 2. The molecule has 4 aliphatic rings. The first kappa shape index (κ1) is 44.0. The number of para-hydroxylation sites is 4. The first-order valence-electron chi connectivity index (χ1n) is 23.3. The fourth-order valence-corrected chi connectivity index (χ4v) is 9.75. The zero-order valence-electron chi connectivity index (χ0n) is 36.7. The summed E-state index contributed by atoms with van der Waals surface area (Å²) in [6.07, 6.45) is 14.9. The van der Waals surface area contributed by atoms with Crippen LogP contribution < -0.4 is 31.9 Å². The van der Waals surface area contributed by atoms with E-state index in [4.69, 9.17) is 11.5 Å². The minimum absolute atomic E-state index is 0.131. The summed E-state index contributed by atoms with van der Waals surface area (Å²) in [5.41, 5.74) is 18.0. The van der Waals surface area contributed by atoms with Crippen molar-refractivity contribution in [3.05, 3.63) is 108 Å². The Morgan fingerprint density at radius 1 is 0.525 bits per heavy atom. The van der Waals surface area contributed by atoms with Gasteiger partial charge in [-0.1, -0.05) is 43.5 Å². The average molecular weight is 827 g/mol. The Kier molecular flexibility index (Phi) is 15.6. The molecule has 10 heteroatoms. The minimum atomic E-state index is -0.133. The second-order valence-corrected chi connectivity index (χ2v) is 17.8. The predicted octanol–water partition coefficient (Wildman–Crippen LogP) is 9.61. The van der Waals surface area contributed by atoms with E-state index in [0.29, 0.717) is 46.0 Å². The third kappa shape index (κ3) is 12.3. The first-order valence-corrected chi connectivity index (χ1v) is 23.3. The molecule has 8 rings (SSSR count). The lowest BCUT2D eigenvalue weighted by atomic mass is 9.88. The topological polar surface area (TPSA) is 123 Å². The molecule has 0 atom stereocenters. The Morgan fingerprint density at radius 3 is 1.26 bits per heavy atom. The van der Waals surface area contributed by atoms with E-state index in [0.717, 1.165) is 24.9 Å². The third-order valence-electron chi connectivity index (χ3n) is 13.5. The molecule has 0 aromatic heterocycles. The number of hydrogen-bond acceptors (Lipinski definition) is 8. The Balaban J connectivity index is 0.000000185. The van der Waals surface area contributed by atoms with Gasteiger partial charge in [0, 0.05) is 86.9 Å². The summed E-state index contributed by atoms with van der Waals surface area (Å²) >= 11 is 0. The summed E-state index contributed by atoms with van der Waals surface area (Å²) in [4.78, 5) is 35.5. The Morgan fingerprint density at radius 2 is 0.902 bits per heavy atom. The van der Waals surface area contributed by atoms with Crippen molar-refractivity contribution in [1.29, 1.82) is 0 Å². The number of likely N-dealkylation sites (tertiary alicyclic amines) is 2. The largest absolute Gasteiger partial charge is 0.397 e. The smallest absolute Gasteiger partial charge is 0.255 e. The van der Waals surface area contributed by atoms with Crippen LogP contribution in [-0.4, -0.2) is 86.1 Å². The molecule has 2 amide bonds. The summed E-state index contributed by atoms with van der Waals surface area (Å²) in [5, 5.41) is 5.80. The van der Waals surface area contributed by atoms with E-state index in [2.05, 4.69) is 68.3 Å². The summed E-state index contributed by atoms with van der Waals surface area (Å²) in [6, 6.07) is 31.8. The molecule has 0 unspecified atom stereocenters. The van der Waals surface area contributed by atoms with E-state index < -0.39 is 0 Å². The maximum Gasteiger partial charge on any atom is 0.255 e. The molecule has 2 heterocycles. The number of nitrogen functional groups attached to an aromatic ring is 2. The van der Waals surface area contributed by atoms with Gasteiger partial charge >= 0.3 is 0 Å². The summed E-state index contributed by atoms with van der Waals surface area (Å²) in [6.45, 7) is 13.8. The van der Waals surface area contributed by atoms with Crippen molar-refractivity contribution >= 4 is 45.9 Å². The summed E-state index contributed by atoms with van der Waals surface area (Å²) < 4.78 is 0. The van der Waals surface area contributed by atoms with Gasteiger partial charge in [-0.05, 0) is 150 Å². The zero-order chi connectivity index (χ0) is 42.6. The monoisotopic (exact) mass is 827 g/mol. The van der Waals surface area contributed by atoms with Crippen LogP contribution in [0.15, 0.2) is 97.1 Å². The third-order valence-corrected chi connectivity index (χ3v) is 13.5. The number of nitrogens with zero attached hydrogens (tertiary/aromatic N) is 4. The van der Waals surface area contributed by atoms with Crippen molar-refractivity contribution in [2.45, 2.75) is 96.6 Å². The SMILES string of the molecule is CCN(c1ccc(C(=O)Nc2ccccc2N)cc1)C1CCN(CC2CC2)CC1.CCN(c1ccc(C(=O)Nc2ccccc2N)cc1)C1CCN(CC2CCCCC2)CC1. The van der Waals surface area contributed by atoms with Gasteiger partial charge in [0.1, 0.15) is 0 Å². The van der Waals surface area contributed by atoms with Gasteiger partial charge in [-0.2, -0.15) is 0 Å². The molecule has 4 aromatic rings. The number of carbonyl (C=O) groups is 2. The molecule has 6 N–H and O–H groups in total. The standard InChI is InChI=1S/C27H38N4O.C24H32N4O/c1-2-31(24-16-18-30(19-17-24)20-21-8-4-3-5-9-21)23-14-12-22(13-15-23)27(32)29-26-11-7-6-10-25(26)28;1-2-28(21-13-15-27(16-14-21)17-18-7-8-18)20-11-9-19(10-12-20)24(29)26-23-6-4-3-5-22(23)25/h6-7,10-15,21,24H,2-5,8-9,16-20,28H2,1H3,(H,29,32);3-6,9-12,18,21H,2,7-8,13-17,25H2,1H3,(H,26,29). The number of hydrogen-bond donors (Lipinski definition) is 4. The van der Waals surface area contributed by atoms with Gasteiger partial charge < -0.3 is 41.7 Å². The van der Waals surface area contributed by atoms with Crippen molar-refractivity contribution < 1.29 is 9.59 Å². The molecule has 2 saturated carbocycles. The molecule has 4 aromatic carbocycles. The maximum absolute atomic E-state index is 12.6.